The molecule has 1 unspecified atom stereocenters. The van der Waals surface area contributed by atoms with E-state index in [1.165, 1.54) is 12.3 Å². The van der Waals surface area contributed by atoms with Crippen LogP contribution in [-0.4, -0.2) is 81.6 Å². The lowest BCUT2D eigenvalue weighted by molar-refractivity contribution is -0.133. The number of carbonyl (C=O) groups is 2. The van der Waals surface area contributed by atoms with Gasteiger partial charge in [-0.25, -0.2) is 4.79 Å². The molecule has 0 spiro atoms. The number of carbonyl (C=O) groups excluding carboxylic acids is 2. The predicted molar refractivity (Wildman–Crippen MR) is 86.1 cm³/mol. The summed E-state index contributed by atoms with van der Waals surface area (Å²) < 4.78 is 15.7. The Hall–Kier alpha value is -2.42. The summed E-state index contributed by atoms with van der Waals surface area (Å²) in [6.07, 6.45) is -3.85. The van der Waals surface area contributed by atoms with E-state index in [1.807, 2.05) is 0 Å². The van der Waals surface area contributed by atoms with Crippen molar-refractivity contribution in [3.05, 3.63) is 22.7 Å². The molecule has 0 radical (unpaired) electrons. The molecule has 13 nitrogen and oxygen atoms in total. The van der Waals surface area contributed by atoms with Crippen LogP contribution >= 0.6 is 0 Å². The second kappa shape index (κ2) is 9.50. The molecular weight excluding hydrogens is 368 g/mol. The van der Waals surface area contributed by atoms with Crippen LogP contribution in [0.4, 0.5) is 5.82 Å². The Kier molecular flexibility index (Phi) is 7.35. The number of nitrogens with two attached hydrogens (primary N) is 1. The molecule has 1 aliphatic rings. The Morgan fingerprint density at radius 1 is 1.30 bits per heavy atom. The summed E-state index contributed by atoms with van der Waals surface area (Å²) in [4.78, 5) is 37.8. The molecule has 1 aliphatic heterocycles. The Bertz CT molecular complexity index is 725. The van der Waals surface area contributed by atoms with Crippen molar-refractivity contribution in [1.29, 1.82) is 0 Å². The van der Waals surface area contributed by atoms with Gasteiger partial charge < -0.3 is 40.6 Å². The summed E-state index contributed by atoms with van der Waals surface area (Å²) in [5.74, 6) is -1.38. The molecule has 0 bridgehead atoms. The topological polar surface area (TPSA) is 195 Å². The highest BCUT2D eigenvalue weighted by atomic mass is 16.7. The Balaban J connectivity index is 1.90. The van der Waals surface area contributed by atoms with Gasteiger partial charge in [0, 0.05) is 6.20 Å². The molecule has 6 N–H and O–H groups in total. The van der Waals surface area contributed by atoms with Gasteiger partial charge in [-0.3, -0.25) is 14.2 Å². The fraction of sp³-hybridized carbons (Fsp3) is 0.571. The molecule has 2 rings (SSSR count). The van der Waals surface area contributed by atoms with Crippen LogP contribution in [0.15, 0.2) is 17.1 Å². The Morgan fingerprint density at radius 3 is 2.59 bits per heavy atom. The van der Waals surface area contributed by atoms with Crippen molar-refractivity contribution in [2.75, 3.05) is 31.9 Å². The molecule has 1 aromatic rings. The van der Waals surface area contributed by atoms with E-state index in [1.54, 1.807) is 0 Å². The first-order valence-electron chi connectivity index (χ1n) is 7.78. The zero-order chi connectivity index (χ0) is 20.0. The van der Waals surface area contributed by atoms with E-state index in [4.69, 9.17) is 25.1 Å². The van der Waals surface area contributed by atoms with Gasteiger partial charge in [0.1, 0.15) is 44.1 Å². The first-order valence-corrected chi connectivity index (χ1v) is 7.78. The number of hydrogen-bond donors (Lipinski definition) is 5. The van der Waals surface area contributed by atoms with Crippen molar-refractivity contribution in [3.8, 4) is 0 Å². The van der Waals surface area contributed by atoms with Crippen LogP contribution in [0.3, 0.4) is 0 Å². The molecule has 13 heteroatoms. The molecule has 2 heterocycles. The van der Waals surface area contributed by atoms with Crippen molar-refractivity contribution < 1.29 is 39.1 Å². The molecule has 0 saturated carbocycles. The van der Waals surface area contributed by atoms with Crippen molar-refractivity contribution in [2.24, 2.45) is 5.73 Å². The molecule has 0 aromatic carbocycles. The predicted octanol–water partition coefficient (Wildman–Crippen LogP) is -3.73. The SMILES string of the molecule is NC(=O)COCOCC(=O)Nc1ccn([C@@H]2O[C@H](CO)C(O)[C@H]2O)c(=O)n1. The van der Waals surface area contributed by atoms with Gasteiger partial charge in [0.05, 0.1) is 6.61 Å². The van der Waals surface area contributed by atoms with Crippen LogP contribution in [-0.2, 0) is 23.8 Å². The molecule has 1 aromatic heterocycles. The Labute approximate surface area is 152 Å². The fourth-order valence-electron chi connectivity index (χ4n) is 2.30. The smallest absolute Gasteiger partial charge is 0.351 e. The number of aliphatic hydroxyl groups is 3. The summed E-state index contributed by atoms with van der Waals surface area (Å²) in [6.45, 7) is -1.62. The molecular formula is C14H20N4O9. The van der Waals surface area contributed by atoms with E-state index < -0.39 is 55.3 Å². The van der Waals surface area contributed by atoms with E-state index in [2.05, 4.69) is 10.3 Å². The molecule has 4 atom stereocenters. The molecule has 2 amide bonds. The van der Waals surface area contributed by atoms with Gasteiger partial charge in [-0.15, -0.1) is 0 Å². The maximum atomic E-state index is 12.1. The number of amides is 2. The summed E-state index contributed by atoms with van der Waals surface area (Å²) in [5.41, 5.74) is 4.00. The molecule has 1 fully saturated rings. The molecule has 1 saturated heterocycles. The van der Waals surface area contributed by atoms with Crippen LogP contribution in [0.2, 0.25) is 0 Å². The van der Waals surface area contributed by atoms with E-state index in [0.717, 1.165) is 4.57 Å². The average Bonchev–Trinajstić information content (AvgIpc) is 2.89. The van der Waals surface area contributed by atoms with Gasteiger partial charge in [-0.05, 0) is 6.07 Å². The number of ether oxygens (including phenoxy) is 3. The van der Waals surface area contributed by atoms with E-state index >= 15 is 0 Å². The Morgan fingerprint density at radius 2 is 2.00 bits per heavy atom. The van der Waals surface area contributed by atoms with Crippen molar-refractivity contribution in [1.82, 2.24) is 9.55 Å². The lowest BCUT2D eigenvalue weighted by atomic mass is 10.1. The highest BCUT2D eigenvalue weighted by molar-refractivity contribution is 5.90. The zero-order valence-corrected chi connectivity index (χ0v) is 14.1. The van der Waals surface area contributed by atoms with Gasteiger partial charge in [0.2, 0.25) is 5.91 Å². The molecule has 0 aliphatic carbocycles. The number of hydrogen-bond acceptors (Lipinski definition) is 10. The van der Waals surface area contributed by atoms with Crippen molar-refractivity contribution in [3.63, 3.8) is 0 Å². The monoisotopic (exact) mass is 388 g/mol. The third-order valence-corrected chi connectivity index (χ3v) is 3.53. The number of nitrogens with zero attached hydrogens (tertiary/aromatic N) is 2. The largest absolute Gasteiger partial charge is 0.394 e. The maximum Gasteiger partial charge on any atom is 0.351 e. The molecule has 27 heavy (non-hydrogen) atoms. The second-order valence-electron chi connectivity index (χ2n) is 5.56. The number of anilines is 1. The summed E-state index contributed by atoms with van der Waals surface area (Å²) >= 11 is 0. The molecule has 150 valence electrons. The fourth-order valence-corrected chi connectivity index (χ4v) is 2.30. The number of primary amides is 1. The minimum atomic E-state index is -1.43. The number of aliphatic hydroxyl groups excluding tert-OH is 3. The first-order chi connectivity index (χ1) is 12.8. The van der Waals surface area contributed by atoms with Gasteiger partial charge in [0.25, 0.3) is 5.91 Å². The third-order valence-electron chi connectivity index (χ3n) is 3.53. The summed E-state index contributed by atoms with van der Waals surface area (Å²) in [7, 11) is 0. The highest BCUT2D eigenvalue weighted by Gasteiger charge is 2.43. The van der Waals surface area contributed by atoms with Crippen LogP contribution in [0.25, 0.3) is 0 Å². The van der Waals surface area contributed by atoms with Gasteiger partial charge in [0.15, 0.2) is 6.23 Å². The van der Waals surface area contributed by atoms with Crippen LogP contribution < -0.4 is 16.7 Å². The minimum Gasteiger partial charge on any atom is -0.394 e. The van der Waals surface area contributed by atoms with Crippen LogP contribution in [0.1, 0.15) is 6.23 Å². The maximum absolute atomic E-state index is 12.1. The van der Waals surface area contributed by atoms with Crippen LogP contribution in [0.5, 0.6) is 0 Å². The van der Waals surface area contributed by atoms with E-state index in [0.29, 0.717) is 0 Å². The summed E-state index contributed by atoms with van der Waals surface area (Å²) in [5, 5.41) is 31.0. The average molecular weight is 388 g/mol. The van der Waals surface area contributed by atoms with Crippen LogP contribution in [0, 0.1) is 0 Å². The highest BCUT2D eigenvalue weighted by Crippen LogP contribution is 2.28. The quantitative estimate of drug-likeness (QED) is 0.207. The summed E-state index contributed by atoms with van der Waals surface area (Å²) in [6, 6.07) is 1.28. The van der Waals surface area contributed by atoms with Crippen molar-refractivity contribution in [2.45, 2.75) is 24.5 Å². The zero-order valence-electron chi connectivity index (χ0n) is 14.1. The van der Waals surface area contributed by atoms with Gasteiger partial charge >= 0.3 is 5.69 Å². The van der Waals surface area contributed by atoms with E-state index in [9.17, 15) is 24.6 Å². The number of nitrogens with one attached hydrogen (secondary N) is 1. The minimum absolute atomic E-state index is 0.0744. The number of aromatic nitrogens is 2. The first kappa shape index (κ1) is 20.9. The third kappa shape index (κ3) is 5.53. The normalized spacial score (nSPS) is 24.7. The van der Waals surface area contributed by atoms with E-state index in [-0.39, 0.29) is 19.2 Å². The van der Waals surface area contributed by atoms with Gasteiger partial charge in [-0.1, -0.05) is 0 Å². The van der Waals surface area contributed by atoms with Gasteiger partial charge in [-0.2, -0.15) is 4.98 Å². The second-order valence-corrected chi connectivity index (χ2v) is 5.56. The standard InChI is InChI=1S/C14H20N4O9/c15-8(20)4-25-6-26-5-10(21)16-9-1-2-18(14(24)17-9)13-12(23)11(22)7(3-19)27-13/h1-2,7,11-13,19,22-23H,3-6H2,(H2,15,20)(H,16,17,21,24)/t7-,11?,12-,13-/m1/s1. The number of rotatable bonds is 9. The van der Waals surface area contributed by atoms with Crippen molar-refractivity contribution >= 4 is 17.6 Å². The lowest BCUT2D eigenvalue weighted by Crippen LogP contribution is -2.36. The lowest BCUT2D eigenvalue weighted by Gasteiger charge is -2.17.